The summed E-state index contributed by atoms with van der Waals surface area (Å²) in [5.41, 5.74) is 3.11. The molecule has 0 heterocycles. The van der Waals surface area contributed by atoms with Crippen LogP contribution in [0.2, 0.25) is 0 Å². The van der Waals surface area contributed by atoms with Gasteiger partial charge in [-0.2, -0.15) is 0 Å². The maximum Gasteiger partial charge on any atom is 0.409 e. The minimum absolute atomic E-state index is 0.208. The number of esters is 1. The van der Waals surface area contributed by atoms with Gasteiger partial charge in [0, 0.05) is 6.54 Å². The highest BCUT2D eigenvalue weighted by atomic mass is 16.6. The first kappa shape index (κ1) is 25.6. The average molecular weight is 390 g/mol. The molecule has 0 bridgehead atoms. The molecule has 0 unspecified atom stereocenters. The number of amides is 1. The smallest absolute Gasteiger partial charge is 0.409 e. The third-order valence-electron chi connectivity index (χ3n) is 3.51. The first-order chi connectivity index (χ1) is 12.2. The number of ether oxygens (including phenoxy) is 2. The summed E-state index contributed by atoms with van der Waals surface area (Å²) < 4.78 is 10.6. The summed E-state index contributed by atoms with van der Waals surface area (Å²) in [6.07, 6.45) is 1.08. The number of hydrogen-bond donors (Lipinski definition) is 4. The van der Waals surface area contributed by atoms with Crippen LogP contribution in [0, 0.1) is 0 Å². The summed E-state index contributed by atoms with van der Waals surface area (Å²) in [4.78, 5) is 24.7. The monoisotopic (exact) mass is 389 g/mol. The van der Waals surface area contributed by atoms with Crippen LogP contribution in [-0.2, 0) is 14.3 Å². The number of alkyl carbamates (subject to hydrolysis) is 1. The summed E-state index contributed by atoms with van der Waals surface area (Å²) in [5.74, 6) is -0.699. The Morgan fingerprint density at radius 2 is 1.59 bits per heavy atom. The van der Waals surface area contributed by atoms with Crippen molar-refractivity contribution in [2.45, 2.75) is 97.1 Å². The topological polar surface area (TPSA) is 123 Å². The van der Waals surface area contributed by atoms with Gasteiger partial charge in [0.1, 0.15) is 11.2 Å². The molecule has 0 spiro atoms. The second-order valence-corrected chi connectivity index (χ2v) is 8.82. The van der Waals surface area contributed by atoms with E-state index in [0.29, 0.717) is 25.9 Å². The summed E-state index contributed by atoms with van der Waals surface area (Å²) in [6, 6.07) is 0. The summed E-state index contributed by atoms with van der Waals surface area (Å²) >= 11 is 0. The van der Waals surface area contributed by atoms with Gasteiger partial charge in [-0.15, -0.1) is 0 Å². The lowest BCUT2D eigenvalue weighted by Gasteiger charge is -2.32. The Balaban J connectivity index is 4.78. The standard InChI is InChI=1S/C19H39N3O5/c1-8-14(23)13-21-12-10-9-11-19(20,15(24)26-17(2,3)4)22-16(25)27-18(5,6)7/h14,21,23H,8-13,20H2,1-7H3,(H,22,25)/t14-,19+/m1/s1. The van der Waals surface area contributed by atoms with Crippen LogP contribution in [0.1, 0.15) is 74.1 Å². The van der Waals surface area contributed by atoms with Gasteiger partial charge in [-0.25, -0.2) is 9.59 Å². The predicted octanol–water partition coefficient (Wildman–Crippen LogP) is 2.04. The van der Waals surface area contributed by atoms with Crippen LogP contribution in [0.3, 0.4) is 0 Å². The lowest BCUT2D eigenvalue weighted by molar-refractivity contribution is -0.163. The zero-order chi connectivity index (χ0) is 21.3. The molecule has 0 saturated carbocycles. The van der Waals surface area contributed by atoms with E-state index in [-0.39, 0.29) is 12.5 Å². The molecule has 8 nitrogen and oxygen atoms in total. The van der Waals surface area contributed by atoms with Crippen LogP contribution in [0.25, 0.3) is 0 Å². The number of aliphatic hydroxyl groups excluding tert-OH is 1. The van der Waals surface area contributed by atoms with Crippen molar-refractivity contribution in [1.82, 2.24) is 10.6 Å². The van der Waals surface area contributed by atoms with Crippen molar-refractivity contribution in [1.29, 1.82) is 0 Å². The Morgan fingerprint density at radius 3 is 2.07 bits per heavy atom. The summed E-state index contributed by atoms with van der Waals surface area (Å²) in [5, 5.41) is 15.1. The van der Waals surface area contributed by atoms with Crippen LogP contribution in [0.4, 0.5) is 4.79 Å². The number of unbranched alkanes of at least 4 members (excludes halogenated alkanes) is 1. The molecule has 0 fully saturated rings. The fourth-order valence-electron chi connectivity index (χ4n) is 2.14. The molecule has 1 amide bonds. The highest BCUT2D eigenvalue weighted by Gasteiger charge is 2.40. The van der Waals surface area contributed by atoms with E-state index < -0.39 is 28.9 Å². The molecule has 0 aromatic carbocycles. The number of carbonyl (C=O) groups is 2. The minimum Gasteiger partial charge on any atom is -0.457 e. The van der Waals surface area contributed by atoms with E-state index in [2.05, 4.69) is 10.6 Å². The van der Waals surface area contributed by atoms with Crippen molar-refractivity contribution < 1.29 is 24.2 Å². The van der Waals surface area contributed by atoms with Crippen LogP contribution in [0.15, 0.2) is 0 Å². The zero-order valence-corrected chi connectivity index (χ0v) is 18.0. The third kappa shape index (κ3) is 12.6. The molecular weight excluding hydrogens is 350 g/mol. The molecule has 8 heteroatoms. The van der Waals surface area contributed by atoms with E-state index >= 15 is 0 Å². The Hall–Kier alpha value is -1.38. The SMILES string of the molecule is CC[C@@H](O)CNCCCC[C@](N)(NC(=O)OC(C)(C)C)C(=O)OC(C)(C)C. The van der Waals surface area contributed by atoms with Gasteiger partial charge in [-0.1, -0.05) is 6.92 Å². The van der Waals surface area contributed by atoms with Crippen molar-refractivity contribution in [3.63, 3.8) is 0 Å². The maximum atomic E-state index is 12.6. The highest BCUT2D eigenvalue weighted by molar-refractivity contribution is 5.85. The predicted molar refractivity (Wildman–Crippen MR) is 105 cm³/mol. The highest BCUT2D eigenvalue weighted by Crippen LogP contribution is 2.17. The van der Waals surface area contributed by atoms with Gasteiger partial charge in [0.15, 0.2) is 5.66 Å². The van der Waals surface area contributed by atoms with Crippen molar-refractivity contribution in [3.05, 3.63) is 0 Å². The van der Waals surface area contributed by atoms with Crippen LogP contribution in [0.5, 0.6) is 0 Å². The first-order valence-electron chi connectivity index (χ1n) is 9.61. The van der Waals surface area contributed by atoms with Gasteiger partial charge >= 0.3 is 12.1 Å². The molecule has 0 radical (unpaired) electrons. The van der Waals surface area contributed by atoms with E-state index in [9.17, 15) is 14.7 Å². The van der Waals surface area contributed by atoms with Gasteiger partial charge < -0.3 is 19.9 Å². The molecule has 0 saturated heterocycles. The molecule has 0 aliphatic heterocycles. The number of aliphatic hydroxyl groups is 1. The Labute approximate surface area is 163 Å². The molecule has 0 aliphatic carbocycles. The van der Waals surface area contributed by atoms with Crippen molar-refractivity contribution in [2.24, 2.45) is 5.73 Å². The van der Waals surface area contributed by atoms with Gasteiger partial charge in [-0.05, 0) is 73.8 Å². The van der Waals surface area contributed by atoms with Gasteiger partial charge in [-0.3, -0.25) is 11.1 Å². The van der Waals surface area contributed by atoms with Crippen LogP contribution < -0.4 is 16.4 Å². The van der Waals surface area contributed by atoms with Crippen molar-refractivity contribution >= 4 is 12.1 Å². The summed E-state index contributed by atoms with van der Waals surface area (Å²) in [6.45, 7) is 13.5. The molecule has 27 heavy (non-hydrogen) atoms. The normalized spacial score (nSPS) is 15.6. The third-order valence-corrected chi connectivity index (χ3v) is 3.51. The lowest BCUT2D eigenvalue weighted by atomic mass is 10.0. The minimum atomic E-state index is -1.67. The van der Waals surface area contributed by atoms with E-state index in [1.807, 2.05) is 6.92 Å². The van der Waals surface area contributed by atoms with E-state index in [1.54, 1.807) is 41.5 Å². The number of hydrogen-bond acceptors (Lipinski definition) is 7. The van der Waals surface area contributed by atoms with Crippen LogP contribution in [-0.4, -0.2) is 53.2 Å². The van der Waals surface area contributed by atoms with Gasteiger partial charge in [0.2, 0.25) is 0 Å². The Kier molecular flexibility index (Phi) is 10.3. The van der Waals surface area contributed by atoms with Crippen molar-refractivity contribution in [3.8, 4) is 0 Å². The zero-order valence-electron chi connectivity index (χ0n) is 18.0. The van der Waals surface area contributed by atoms with E-state index in [0.717, 1.165) is 6.42 Å². The lowest BCUT2D eigenvalue weighted by Crippen LogP contribution is -2.63. The summed E-state index contributed by atoms with van der Waals surface area (Å²) in [7, 11) is 0. The first-order valence-corrected chi connectivity index (χ1v) is 9.61. The molecule has 0 aliphatic rings. The second-order valence-electron chi connectivity index (χ2n) is 8.82. The fraction of sp³-hybridized carbons (Fsp3) is 0.895. The molecule has 160 valence electrons. The molecular formula is C19H39N3O5. The largest absolute Gasteiger partial charge is 0.457 e. The van der Waals surface area contributed by atoms with Gasteiger partial charge in [0.25, 0.3) is 0 Å². The molecule has 0 aromatic heterocycles. The molecule has 0 rings (SSSR count). The number of nitrogens with one attached hydrogen (secondary N) is 2. The van der Waals surface area contributed by atoms with Crippen molar-refractivity contribution in [2.75, 3.05) is 13.1 Å². The number of rotatable bonds is 10. The Morgan fingerprint density at radius 1 is 1.04 bits per heavy atom. The maximum absolute atomic E-state index is 12.6. The fourth-order valence-corrected chi connectivity index (χ4v) is 2.14. The van der Waals surface area contributed by atoms with E-state index in [4.69, 9.17) is 15.2 Å². The molecule has 0 aromatic rings. The second kappa shape index (κ2) is 10.8. The van der Waals surface area contributed by atoms with Gasteiger partial charge in [0.05, 0.1) is 6.10 Å². The molecule has 2 atom stereocenters. The average Bonchev–Trinajstić information content (AvgIpc) is 2.46. The Bertz CT molecular complexity index is 471. The molecule has 5 N–H and O–H groups in total. The van der Waals surface area contributed by atoms with E-state index in [1.165, 1.54) is 0 Å². The van der Waals surface area contributed by atoms with Crippen LogP contribution >= 0.6 is 0 Å². The number of carbonyl (C=O) groups excluding carboxylic acids is 2. The number of nitrogens with two attached hydrogens (primary N) is 1. The quantitative estimate of drug-likeness (QED) is 0.256.